The van der Waals surface area contributed by atoms with E-state index in [-0.39, 0.29) is 23.7 Å². The second kappa shape index (κ2) is 12.3. The number of alkyl halides is 3. The van der Waals surface area contributed by atoms with Gasteiger partial charge in [-0.15, -0.1) is 0 Å². The Hall–Kier alpha value is -4.05. The molecule has 0 atom stereocenters. The van der Waals surface area contributed by atoms with E-state index in [9.17, 15) is 27.6 Å². The molecule has 0 aromatic heterocycles. The fourth-order valence-corrected chi connectivity index (χ4v) is 3.47. The molecule has 0 fully saturated rings. The minimum absolute atomic E-state index is 0.0107. The third-order valence-electron chi connectivity index (χ3n) is 5.02. The highest BCUT2D eigenvalue weighted by atomic mass is 35.5. The molecule has 0 saturated heterocycles. The van der Waals surface area contributed by atoms with E-state index in [1.165, 1.54) is 30.3 Å². The van der Waals surface area contributed by atoms with Gasteiger partial charge in [0.25, 0.3) is 5.91 Å². The lowest BCUT2D eigenvalue weighted by Crippen LogP contribution is -2.22. The zero-order valence-corrected chi connectivity index (χ0v) is 20.5. The second-order valence-corrected chi connectivity index (χ2v) is 8.42. The molecule has 4 N–H and O–H groups in total. The van der Waals surface area contributed by atoms with Gasteiger partial charge < -0.3 is 21.3 Å². The van der Waals surface area contributed by atoms with Crippen LogP contribution in [-0.4, -0.2) is 24.3 Å². The minimum Gasteiger partial charge on any atom is -0.375 e. The zero-order valence-electron chi connectivity index (χ0n) is 19.7. The molecule has 0 unspecified atom stereocenters. The van der Waals surface area contributed by atoms with Crippen LogP contribution in [0.1, 0.15) is 35.7 Å². The Balaban J connectivity index is 1.60. The third-order valence-corrected chi connectivity index (χ3v) is 5.35. The number of rotatable bonds is 9. The molecule has 0 heterocycles. The van der Waals surface area contributed by atoms with Crippen LogP contribution >= 0.6 is 11.6 Å². The van der Waals surface area contributed by atoms with Gasteiger partial charge in [-0.25, -0.2) is 0 Å². The Morgan fingerprint density at radius 3 is 2.16 bits per heavy atom. The third kappa shape index (κ3) is 8.25. The van der Waals surface area contributed by atoms with Crippen molar-refractivity contribution in [1.82, 2.24) is 0 Å². The van der Waals surface area contributed by atoms with Crippen LogP contribution in [0.4, 0.5) is 35.9 Å². The summed E-state index contributed by atoms with van der Waals surface area (Å²) in [5.74, 6) is -1.21. The predicted octanol–water partition coefficient (Wildman–Crippen LogP) is 6.40. The number of carbonyl (C=O) groups is 3. The lowest BCUT2D eigenvalue weighted by atomic mass is 10.1. The van der Waals surface area contributed by atoms with Crippen molar-refractivity contribution >= 4 is 52.1 Å². The number of halogens is 4. The summed E-state index contributed by atoms with van der Waals surface area (Å²) >= 11 is 6.18. The summed E-state index contributed by atoms with van der Waals surface area (Å²) in [6.45, 7) is 1.73. The first-order valence-corrected chi connectivity index (χ1v) is 11.6. The van der Waals surface area contributed by atoms with Crippen LogP contribution in [0.25, 0.3) is 0 Å². The van der Waals surface area contributed by atoms with Gasteiger partial charge in [0.05, 0.1) is 22.8 Å². The zero-order chi connectivity index (χ0) is 27.0. The van der Waals surface area contributed by atoms with E-state index in [1.807, 2.05) is 6.92 Å². The Bertz CT molecular complexity index is 1300. The maximum absolute atomic E-state index is 12.9. The number of amides is 3. The maximum atomic E-state index is 12.9. The highest BCUT2D eigenvalue weighted by Gasteiger charge is 2.30. The monoisotopic (exact) mass is 532 g/mol. The number of hydrogen-bond donors (Lipinski definition) is 4. The number of carbonyl (C=O) groups excluding carboxylic acids is 3. The van der Waals surface area contributed by atoms with Crippen molar-refractivity contribution in [2.45, 2.75) is 25.9 Å². The number of anilines is 4. The maximum Gasteiger partial charge on any atom is 0.416 e. The summed E-state index contributed by atoms with van der Waals surface area (Å²) in [7, 11) is 0. The summed E-state index contributed by atoms with van der Waals surface area (Å²) in [6, 6.07) is 15.1. The van der Waals surface area contributed by atoms with Crippen LogP contribution in [0.2, 0.25) is 5.02 Å². The van der Waals surface area contributed by atoms with Crippen molar-refractivity contribution in [2.24, 2.45) is 0 Å². The van der Waals surface area contributed by atoms with Gasteiger partial charge in [0.2, 0.25) is 11.8 Å². The average molecular weight is 533 g/mol. The van der Waals surface area contributed by atoms with Crippen molar-refractivity contribution in [3.63, 3.8) is 0 Å². The second-order valence-electron chi connectivity index (χ2n) is 8.01. The van der Waals surface area contributed by atoms with E-state index in [0.29, 0.717) is 34.9 Å². The normalized spacial score (nSPS) is 10.9. The first kappa shape index (κ1) is 27.5. The minimum atomic E-state index is -4.53. The molecule has 3 aromatic carbocycles. The van der Waals surface area contributed by atoms with Crippen molar-refractivity contribution in [1.29, 1.82) is 0 Å². The van der Waals surface area contributed by atoms with E-state index in [0.717, 1.165) is 12.1 Å². The van der Waals surface area contributed by atoms with E-state index < -0.39 is 23.6 Å². The van der Waals surface area contributed by atoms with Crippen molar-refractivity contribution in [2.75, 3.05) is 27.8 Å². The van der Waals surface area contributed by atoms with E-state index in [2.05, 4.69) is 21.3 Å². The quantitative estimate of drug-likeness (QED) is 0.256. The summed E-state index contributed by atoms with van der Waals surface area (Å²) < 4.78 is 38.7. The first-order chi connectivity index (χ1) is 17.5. The molecule has 3 aromatic rings. The molecule has 11 heteroatoms. The molecule has 0 spiro atoms. The lowest BCUT2D eigenvalue weighted by Gasteiger charge is -2.12. The Labute approximate surface area is 216 Å². The van der Waals surface area contributed by atoms with Gasteiger partial charge in [0, 0.05) is 29.0 Å². The molecule has 7 nitrogen and oxygen atoms in total. The first-order valence-electron chi connectivity index (χ1n) is 11.3. The summed E-state index contributed by atoms with van der Waals surface area (Å²) in [4.78, 5) is 36.8. The molecule has 0 aliphatic heterocycles. The SMILES string of the molecule is CCCC(=O)Nc1ccc(Cl)c(NCC(=O)Nc2cccc(C(=O)Nc3cccc(C(F)(F)F)c3)c2)c1. The molecular weight excluding hydrogens is 509 g/mol. The molecule has 3 amide bonds. The molecule has 0 aliphatic carbocycles. The fourth-order valence-electron chi connectivity index (χ4n) is 3.28. The Morgan fingerprint density at radius 1 is 0.811 bits per heavy atom. The molecule has 3 rings (SSSR count). The molecule has 194 valence electrons. The van der Waals surface area contributed by atoms with Gasteiger partial charge in [-0.05, 0) is 61.0 Å². The van der Waals surface area contributed by atoms with Crippen LogP contribution in [0.3, 0.4) is 0 Å². The van der Waals surface area contributed by atoms with E-state index in [1.54, 1.807) is 24.3 Å². The number of nitrogens with one attached hydrogen (secondary N) is 4. The van der Waals surface area contributed by atoms with Crippen LogP contribution < -0.4 is 21.3 Å². The van der Waals surface area contributed by atoms with E-state index >= 15 is 0 Å². The lowest BCUT2D eigenvalue weighted by molar-refractivity contribution is -0.137. The van der Waals surface area contributed by atoms with Gasteiger partial charge in [-0.1, -0.05) is 30.7 Å². The van der Waals surface area contributed by atoms with Gasteiger partial charge in [0.15, 0.2) is 0 Å². The van der Waals surface area contributed by atoms with Crippen LogP contribution in [0.5, 0.6) is 0 Å². The molecule has 37 heavy (non-hydrogen) atoms. The number of benzene rings is 3. The summed E-state index contributed by atoms with van der Waals surface area (Å²) in [5, 5.41) is 11.1. The van der Waals surface area contributed by atoms with Crippen molar-refractivity contribution in [3.05, 3.63) is 82.9 Å². The average Bonchev–Trinajstić information content (AvgIpc) is 2.84. The summed E-state index contributed by atoms with van der Waals surface area (Å²) in [5.41, 5.74) is 0.540. The number of hydrogen-bond acceptors (Lipinski definition) is 4. The standard InChI is InChI=1S/C26H24ClF3N4O3/c1-2-5-23(35)32-20-10-11-21(27)22(14-20)31-15-24(36)33-18-8-3-6-16(12-18)25(37)34-19-9-4-7-17(13-19)26(28,29)30/h3-4,6-14,31H,2,5,15H2,1H3,(H,32,35)(H,33,36)(H,34,37). The fraction of sp³-hybridized carbons (Fsp3) is 0.192. The molecule has 0 saturated carbocycles. The Morgan fingerprint density at radius 2 is 1.46 bits per heavy atom. The van der Waals surface area contributed by atoms with Crippen LogP contribution in [0.15, 0.2) is 66.7 Å². The van der Waals surface area contributed by atoms with Crippen molar-refractivity contribution < 1.29 is 27.6 Å². The summed E-state index contributed by atoms with van der Waals surface area (Å²) in [6.07, 6.45) is -3.45. The van der Waals surface area contributed by atoms with Crippen LogP contribution in [0, 0.1) is 0 Å². The molecular formula is C26H24ClF3N4O3. The highest BCUT2D eigenvalue weighted by molar-refractivity contribution is 6.33. The van der Waals surface area contributed by atoms with Gasteiger partial charge in [-0.3, -0.25) is 14.4 Å². The van der Waals surface area contributed by atoms with Crippen molar-refractivity contribution in [3.8, 4) is 0 Å². The molecule has 0 aliphatic rings. The van der Waals surface area contributed by atoms with Crippen LogP contribution in [-0.2, 0) is 15.8 Å². The highest BCUT2D eigenvalue weighted by Crippen LogP contribution is 2.31. The van der Waals surface area contributed by atoms with E-state index in [4.69, 9.17) is 11.6 Å². The van der Waals surface area contributed by atoms with Gasteiger partial charge >= 0.3 is 6.18 Å². The Kier molecular flexibility index (Phi) is 9.13. The molecule has 0 bridgehead atoms. The smallest absolute Gasteiger partial charge is 0.375 e. The largest absolute Gasteiger partial charge is 0.416 e. The topological polar surface area (TPSA) is 99.3 Å². The van der Waals surface area contributed by atoms with Gasteiger partial charge in [-0.2, -0.15) is 13.2 Å². The van der Waals surface area contributed by atoms with Gasteiger partial charge in [0.1, 0.15) is 0 Å². The predicted molar refractivity (Wildman–Crippen MR) is 138 cm³/mol. The molecule has 0 radical (unpaired) electrons.